The van der Waals surface area contributed by atoms with Gasteiger partial charge in [0.15, 0.2) is 5.11 Å². The number of para-hydroxylation sites is 1. The van der Waals surface area contributed by atoms with Crippen molar-refractivity contribution in [2.24, 2.45) is 0 Å². The molecule has 0 aliphatic rings. The topological polar surface area (TPSA) is 113 Å². The molecule has 29 heavy (non-hydrogen) atoms. The normalized spacial score (nSPS) is 10.4. The lowest BCUT2D eigenvalue weighted by molar-refractivity contribution is -0.385. The van der Waals surface area contributed by atoms with Gasteiger partial charge < -0.3 is 10.6 Å². The highest BCUT2D eigenvalue weighted by molar-refractivity contribution is 7.80. The van der Waals surface area contributed by atoms with Gasteiger partial charge in [-0.3, -0.25) is 25.0 Å². The van der Waals surface area contributed by atoms with Crippen LogP contribution in [0, 0.1) is 10.1 Å². The van der Waals surface area contributed by atoms with Crippen LogP contribution in [0.3, 0.4) is 0 Å². The van der Waals surface area contributed by atoms with Crippen LogP contribution in [-0.4, -0.2) is 21.9 Å². The van der Waals surface area contributed by atoms with Crippen LogP contribution < -0.4 is 16.0 Å². The standard InChI is InChI=1S/C20H20N4O4S/c1-2-6-18(25)21-15-8-5-9-16(13-15)22-20(29)23-19(26)12-11-14-7-3-4-10-17(14)24(27)28/h3-5,7-13H,2,6H2,1H3,(H,21,25)(H2,22,23,26,29)/b12-11+. The maximum atomic E-state index is 12.0. The molecule has 0 atom stereocenters. The van der Waals surface area contributed by atoms with E-state index in [2.05, 4.69) is 16.0 Å². The molecule has 0 bridgehead atoms. The molecular formula is C20H20N4O4S. The summed E-state index contributed by atoms with van der Waals surface area (Å²) in [6, 6.07) is 13.0. The molecule has 0 saturated heterocycles. The molecule has 0 unspecified atom stereocenters. The lowest BCUT2D eigenvalue weighted by Crippen LogP contribution is -2.32. The van der Waals surface area contributed by atoms with Crippen LogP contribution in [0.4, 0.5) is 17.1 Å². The van der Waals surface area contributed by atoms with Crippen molar-refractivity contribution in [1.82, 2.24) is 5.32 Å². The van der Waals surface area contributed by atoms with Crippen LogP contribution in [-0.2, 0) is 9.59 Å². The van der Waals surface area contributed by atoms with Crippen LogP contribution in [0.15, 0.2) is 54.6 Å². The lowest BCUT2D eigenvalue weighted by atomic mass is 10.1. The quantitative estimate of drug-likeness (QED) is 0.275. The van der Waals surface area contributed by atoms with E-state index in [0.29, 0.717) is 23.4 Å². The molecule has 0 spiro atoms. The average Bonchev–Trinajstić information content (AvgIpc) is 2.66. The maximum Gasteiger partial charge on any atom is 0.276 e. The van der Waals surface area contributed by atoms with Crippen molar-refractivity contribution in [1.29, 1.82) is 0 Å². The lowest BCUT2D eigenvalue weighted by Gasteiger charge is -2.10. The number of nitro benzene ring substituents is 1. The Kier molecular flexibility index (Phi) is 7.99. The first-order chi connectivity index (χ1) is 13.9. The van der Waals surface area contributed by atoms with E-state index < -0.39 is 10.8 Å². The average molecular weight is 412 g/mol. The zero-order chi connectivity index (χ0) is 21.2. The van der Waals surface area contributed by atoms with Gasteiger partial charge in [0.05, 0.1) is 10.5 Å². The maximum absolute atomic E-state index is 12.0. The fraction of sp³-hybridized carbons (Fsp3) is 0.150. The number of thiocarbonyl (C=S) groups is 1. The Hall–Kier alpha value is -3.59. The molecule has 2 aromatic rings. The smallest absolute Gasteiger partial charge is 0.276 e. The summed E-state index contributed by atoms with van der Waals surface area (Å²) >= 11 is 5.11. The van der Waals surface area contributed by atoms with Crippen molar-refractivity contribution < 1.29 is 14.5 Å². The molecule has 0 aromatic heterocycles. The van der Waals surface area contributed by atoms with E-state index in [4.69, 9.17) is 12.2 Å². The molecule has 0 heterocycles. The molecule has 0 aliphatic carbocycles. The number of carbonyl (C=O) groups excluding carboxylic acids is 2. The van der Waals surface area contributed by atoms with Gasteiger partial charge in [-0.2, -0.15) is 0 Å². The Morgan fingerprint density at radius 1 is 1.10 bits per heavy atom. The summed E-state index contributed by atoms with van der Waals surface area (Å²) in [4.78, 5) is 34.2. The van der Waals surface area contributed by atoms with Gasteiger partial charge in [0, 0.05) is 29.9 Å². The molecule has 0 radical (unpaired) electrons. The predicted molar refractivity (Wildman–Crippen MR) is 116 cm³/mol. The first kappa shape index (κ1) is 21.7. The van der Waals surface area contributed by atoms with Crippen molar-refractivity contribution in [3.63, 3.8) is 0 Å². The first-order valence-corrected chi connectivity index (χ1v) is 9.23. The SMILES string of the molecule is CCCC(=O)Nc1cccc(NC(=S)NC(=O)/C=C/c2ccccc2[N+](=O)[O-])c1. The van der Waals surface area contributed by atoms with E-state index in [-0.39, 0.29) is 16.7 Å². The summed E-state index contributed by atoms with van der Waals surface area (Å²) in [7, 11) is 0. The molecule has 2 rings (SSSR count). The van der Waals surface area contributed by atoms with Gasteiger partial charge in [-0.1, -0.05) is 25.1 Å². The Balaban J connectivity index is 1.95. The number of anilines is 2. The number of benzene rings is 2. The molecule has 150 valence electrons. The second kappa shape index (κ2) is 10.7. The number of amides is 2. The van der Waals surface area contributed by atoms with Crippen molar-refractivity contribution in [3.05, 3.63) is 70.3 Å². The molecule has 0 fully saturated rings. The van der Waals surface area contributed by atoms with Gasteiger partial charge in [0.1, 0.15) is 0 Å². The van der Waals surface area contributed by atoms with Crippen molar-refractivity contribution >= 4 is 52.3 Å². The van der Waals surface area contributed by atoms with Gasteiger partial charge in [-0.25, -0.2) is 0 Å². The minimum atomic E-state index is -0.534. The number of nitro groups is 1. The molecule has 2 amide bonds. The van der Waals surface area contributed by atoms with E-state index in [0.717, 1.165) is 12.5 Å². The summed E-state index contributed by atoms with van der Waals surface area (Å²) in [5.74, 6) is -0.617. The molecule has 0 saturated carbocycles. The van der Waals surface area contributed by atoms with Crippen LogP contribution in [0.2, 0.25) is 0 Å². The molecule has 2 aromatic carbocycles. The van der Waals surface area contributed by atoms with Crippen LogP contribution >= 0.6 is 12.2 Å². The van der Waals surface area contributed by atoms with E-state index in [9.17, 15) is 19.7 Å². The monoisotopic (exact) mass is 412 g/mol. The number of carbonyl (C=O) groups is 2. The second-order valence-electron chi connectivity index (χ2n) is 5.97. The van der Waals surface area contributed by atoms with Gasteiger partial charge in [0.25, 0.3) is 5.69 Å². The number of nitrogens with zero attached hydrogens (tertiary/aromatic N) is 1. The Bertz CT molecular complexity index is 959. The fourth-order valence-corrected chi connectivity index (χ4v) is 2.62. The molecule has 9 heteroatoms. The van der Waals surface area contributed by atoms with Crippen molar-refractivity contribution in [3.8, 4) is 0 Å². The van der Waals surface area contributed by atoms with Crippen LogP contribution in [0.25, 0.3) is 6.08 Å². The van der Waals surface area contributed by atoms with Crippen LogP contribution in [0.5, 0.6) is 0 Å². The van der Waals surface area contributed by atoms with E-state index >= 15 is 0 Å². The largest absolute Gasteiger partial charge is 0.332 e. The highest BCUT2D eigenvalue weighted by atomic mass is 32.1. The third-order valence-electron chi connectivity index (χ3n) is 3.67. The Morgan fingerprint density at radius 2 is 1.79 bits per heavy atom. The van der Waals surface area contributed by atoms with E-state index in [1.807, 2.05) is 6.92 Å². The highest BCUT2D eigenvalue weighted by Gasteiger charge is 2.10. The molecule has 0 aliphatic heterocycles. The Morgan fingerprint density at radius 3 is 2.48 bits per heavy atom. The molecule has 3 N–H and O–H groups in total. The molecule has 8 nitrogen and oxygen atoms in total. The zero-order valence-corrected chi connectivity index (χ0v) is 16.5. The summed E-state index contributed by atoms with van der Waals surface area (Å²) in [6.07, 6.45) is 3.69. The minimum Gasteiger partial charge on any atom is -0.332 e. The number of rotatable bonds is 7. The van der Waals surface area contributed by atoms with E-state index in [1.54, 1.807) is 36.4 Å². The summed E-state index contributed by atoms with van der Waals surface area (Å²) < 4.78 is 0. The van der Waals surface area contributed by atoms with Crippen molar-refractivity contribution in [2.75, 3.05) is 10.6 Å². The third kappa shape index (κ3) is 7.15. The first-order valence-electron chi connectivity index (χ1n) is 8.82. The second-order valence-corrected chi connectivity index (χ2v) is 6.38. The van der Waals surface area contributed by atoms with Gasteiger partial charge in [0.2, 0.25) is 11.8 Å². The van der Waals surface area contributed by atoms with E-state index in [1.165, 1.54) is 18.2 Å². The Labute approximate surface area is 173 Å². The minimum absolute atomic E-state index is 0.0549. The highest BCUT2D eigenvalue weighted by Crippen LogP contribution is 2.19. The number of hydrogen-bond acceptors (Lipinski definition) is 5. The predicted octanol–water partition coefficient (Wildman–Crippen LogP) is 3.86. The van der Waals surface area contributed by atoms with Crippen molar-refractivity contribution in [2.45, 2.75) is 19.8 Å². The number of hydrogen-bond donors (Lipinski definition) is 3. The van der Waals surface area contributed by atoms with Gasteiger partial charge in [-0.05, 0) is 49.0 Å². The molecular weight excluding hydrogens is 392 g/mol. The van der Waals surface area contributed by atoms with Crippen LogP contribution in [0.1, 0.15) is 25.3 Å². The van der Waals surface area contributed by atoms with Gasteiger partial charge in [-0.15, -0.1) is 0 Å². The third-order valence-corrected chi connectivity index (χ3v) is 3.87. The van der Waals surface area contributed by atoms with Gasteiger partial charge >= 0.3 is 0 Å². The summed E-state index contributed by atoms with van der Waals surface area (Å²) in [5.41, 5.74) is 1.41. The zero-order valence-electron chi connectivity index (χ0n) is 15.7. The summed E-state index contributed by atoms with van der Waals surface area (Å²) in [6.45, 7) is 1.92. The fourth-order valence-electron chi connectivity index (χ4n) is 2.40. The summed E-state index contributed by atoms with van der Waals surface area (Å²) in [5, 5.41) is 19.1. The number of nitrogens with one attached hydrogen (secondary N) is 3.